The summed E-state index contributed by atoms with van der Waals surface area (Å²) >= 11 is 6.08. The van der Waals surface area contributed by atoms with Crippen LogP contribution < -0.4 is 14.8 Å². The van der Waals surface area contributed by atoms with E-state index in [-0.39, 0.29) is 18.1 Å². The number of carbonyl (C=O) groups excluding carboxylic acids is 1. The van der Waals surface area contributed by atoms with Crippen LogP contribution in [-0.4, -0.2) is 32.9 Å². The molecule has 1 aromatic heterocycles. The Morgan fingerprint density at radius 2 is 2.21 bits per heavy atom. The lowest BCUT2D eigenvalue weighted by atomic mass is 10.0. The Morgan fingerprint density at radius 3 is 3.00 bits per heavy atom. The first-order valence-electron chi connectivity index (χ1n) is 8.79. The van der Waals surface area contributed by atoms with E-state index in [0.717, 1.165) is 12.0 Å². The van der Waals surface area contributed by atoms with Crippen molar-refractivity contribution in [3.8, 4) is 17.2 Å². The van der Waals surface area contributed by atoms with E-state index in [1.165, 1.54) is 6.33 Å². The highest BCUT2D eigenvalue weighted by atomic mass is 35.5. The maximum atomic E-state index is 12.5. The molecule has 28 heavy (non-hydrogen) atoms. The molecule has 1 N–H and O–H groups in total. The summed E-state index contributed by atoms with van der Waals surface area (Å²) in [5.41, 5.74) is 1.96. The van der Waals surface area contributed by atoms with E-state index in [2.05, 4.69) is 15.4 Å². The summed E-state index contributed by atoms with van der Waals surface area (Å²) in [6, 6.07) is 10.8. The van der Waals surface area contributed by atoms with Gasteiger partial charge in [-0.1, -0.05) is 23.7 Å². The Hall–Kier alpha value is -3.06. The van der Waals surface area contributed by atoms with Crippen LogP contribution in [0.4, 0.5) is 5.69 Å². The van der Waals surface area contributed by atoms with Gasteiger partial charge in [-0.25, -0.2) is 9.67 Å². The zero-order chi connectivity index (χ0) is 19.7. The quantitative estimate of drug-likeness (QED) is 0.709. The number of amides is 1. The summed E-state index contributed by atoms with van der Waals surface area (Å²) in [6.45, 7) is 3.88. The lowest BCUT2D eigenvalue weighted by Crippen LogP contribution is -2.25. The van der Waals surface area contributed by atoms with Gasteiger partial charge in [0, 0.05) is 17.0 Å². The number of nitrogens with one attached hydrogen (secondary N) is 1. The third kappa shape index (κ3) is 3.80. The molecule has 0 spiro atoms. The second kappa shape index (κ2) is 7.16. The molecule has 0 saturated carbocycles. The Kier molecular flexibility index (Phi) is 4.68. The second-order valence-corrected chi connectivity index (χ2v) is 7.56. The summed E-state index contributed by atoms with van der Waals surface area (Å²) < 4.78 is 13.2. The number of hydrogen-bond donors (Lipinski definition) is 1. The van der Waals surface area contributed by atoms with Crippen molar-refractivity contribution in [2.45, 2.75) is 25.9 Å². The number of fused-ring (bicyclic) bond motifs is 1. The molecule has 0 aliphatic carbocycles. The van der Waals surface area contributed by atoms with Crippen LogP contribution >= 0.6 is 11.6 Å². The fraction of sp³-hybridized carbons (Fsp3) is 0.250. The lowest BCUT2D eigenvalue weighted by Gasteiger charge is -2.18. The third-order valence-electron chi connectivity index (χ3n) is 4.31. The molecule has 2 aromatic carbocycles. The van der Waals surface area contributed by atoms with E-state index in [1.54, 1.807) is 35.3 Å². The Labute approximate surface area is 167 Å². The summed E-state index contributed by atoms with van der Waals surface area (Å²) in [5, 5.41) is 7.41. The number of para-hydroxylation sites is 1. The monoisotopic (exact) mass is 398 g/mol. The van der Waals surface area contributed by atoms with Crippen molar-refractivity contribution in [3.05, 3.63) is 59.6 Å². The number of ether oxygens (including phenoxy) is 2. The number of halogens is 1. The molecule has 144 valence electrons. The number of anilines is 1. The van der Waals surface area contributed by atoms with Crippen molar-refractivity contribution in [3.63, 3.8) is 0 Å². The molecule has 7 nitrogen and oxygen atoms in total. The number of hydrogen-bond acceptors (Lipinski definition) is 5. The summed E-state index contributed by atoms with van der Waals surface area (Å²) in [4.78, 5) is 16.4. The topological polar surface area (TPSA) is 78.3 Å². The van der Waals surface area contributed by atoms with E-state index in [9.17, 15) is 4.79 Å². The normalized spacial score (nSPS) is 14.2. The van der Waals surface area contributed by atoms with Crippen LogP contribution in [0.3, 0.4) is 0 Å². The highest BCUT2D eigenvalue weighted by Crippen LogP contribution is 2.41. The second-order valence-electron chi connectivity index (χ2n) is 7.12. The average molecular weight is 399 g/mol. The molecular formula is C20H19ClN4O3. The smallest absolute Gasteiger partial charge is 0.262 e. The molecule has 0 saturated heterocycles. The molecule has 0 bridgehead atoms. The third-order valence-corrected chi connectivity index (χ3v) is 4.55. The molecule has 2 heterocycles. The van der Waals surface area contributed by atoms with Crippen LogP contribution in [0, 0.1) is 0 Å². The SMILES string of the molecule is CC1(C)Cc2cccc(OCC(=O)Nc3cc(Cl)ccc3-n3cncn3)c2O1. The number of nitrogens with zero attached hydrogens (tertiary/aromatic N) is 3. The lowest BCUT2D eigenvalue weighted by molar-refractivity contribution is -0.118. The molecule has 0 atom stereocenters. The highest BCUT2D eigenvalue weighted by Gasteiger charge is 2.32. The van der Waals surface area contributed by atoms with E-state index in [0.29, 0.717) is 27.9 Å². The molecule has 8 heteroatoms. The molecule has 0 fully saturated rings. The first kappa shape index (κ1) is 18.3. The van der Waals surface area contributed by atoms with Gasteiger partial charge in [-0.15, -0.1) is 0 Å². The van der Waals surface area contributed by atoms with Gasteiger partial charge in [-0.2, -0.15) is 5.10 Å². The van der Waals surface area contributed by atoms with Crippen molar-refractivity contribution in [2.24, 2.45) is 0 Å². The molecule has 0 unspecified atom stereocenters. The number of carbonyl (C=O) groups is 1. The number of aromatic nitrogens is 3. The molecular weight excluding hydrogens is 380 g/mol. The van der Waals surface area contributed by atoms with Crippen LogP contribution in [0.15, 0.2) is 49.1 Å². The Bertz CT molecular complexity index is 1020. The maximum absolute atomic E-state index is 12.5. The van der Waals surface area contributed by atoms with Crippen molar-refractivity contribution < 1.29 is 14.3 Å². The van der Waals surface area contributed by atoms with Crippen LogP contribution in [0.25, 0.3) is 5.69 Å². The van der Waals surface area contributed by atoms with E-state index >= 15 is 0 Å². The summed E-state index contributed by atoms with van der Waals surface area (Å²) in [5.74, 6) is 0.936. The molecule has 4 rings (SSSR count). The Morgan fingerprint density at radius 1 is 1.36 bits per heavy atom. The van der Waals surface area contributed by atoms with Gasteiger partial charge in [0.2, 0.25) is 0 Å². The van der Waals surface area contributed by atoms with Gasteiger partial charge in [0.15, 0.2) is 18.1 Å². The van der Waals surface area contributed by atoms with Gasteiger partial charge in [-0.05, 0) is 38.1 Å². The van der Waals surface area contributed by atoms with Gasteiger partial charge < -0.3 is 14.8 Å². The average Bonchev–Trinajstić information content (AvgIpc) is 3.26. The summed E-state index contributed by atoms with van der Waals surface area (Å²) in [7, 11) is 0. The van der Waals surface area contributed by atoms with E-state index < -0.39 is 0 Å². The van der Waals surface area contributed by atoms with Crippen LogP contribution in [-0.2, 0) is 11.2 Å². The van der Waals surface area contributed by atoms with Crippen molar-refractivity contribution >= 4 is 23.2 Å². The van der Waals surface area contributed by atoms with Gasteiger partial charge in [0.1, 0.15) is 18.3 Å². The van der Waals surface area contributed by atoms with Crippen molar-refractivity contribution in [2.75, 3.05) is 11.9 Å². The van der Waals surface area contributed by atoms with Crippen LogP contribution in [0.1, 0.15) is 19.4 Å². The predicted octanol–water partition coefficient (Wildman–Crippen LogP) is 3.65. The van der Waals surface area contributed by atoms with Gasteiger partial charge in [-0.3, -0.25) is 4.79 Å². The minimum atomic E-state index is -0.321. The number of benzene rings is 2. The fourth-order valence-electron chi connectivity index (χ4n) is 3.17. The van der Waals surface area contributed by atoms with E-state index in [1.807, 2.05) is 26.0 Å². The molecule has 0 radical (unpaired) electrons. The first-order valence-corrected chi connectivity index (χ1v) is 9.17. The predicted molar refractivity (Wildman–Crippen MR) is 105 cm³/mol. The fourth-order valence-corrected chi connectivity index (χ4v) is 3.34. The van der Waals surface area contributed by atoms with Gasteiger partial charge >= 0.3 is 0 Å². The standard InChI is InChI=1S/C20H19ClN4O3/c1-20(2)9-13-4-3-5-17(19(13)28-20)27-10-18(26)24-15-8-14(21)6-7-16(15)25-12-22-11-23-25/h3-8,11-12H,9-10H2,1-2H3,(H,24,26). The molecule has 1 aliphatic heterocycles. The Balaban J connectivity index is 1.47. The molecule has 3 aromatic rings. The molecule has 1 amide bonds. The number of rotatable bonds is 5. The van der Waals surface area contributed by atoms with Gasteiger partial charge in [0.05, 0.1) is 11.4 Å². The molecule has 1 aliphatic rings. The first-order chi connectivity index (χ1) is 13.4. The minimum Gasteiger partial charge on any atom is -0.483 e. The zero-order valence-electron chi connectivity index (χ0n) is 15.5. The van der Waals surface area contributed by atoms with Crippen LogP contribution in [0.2, 0.25) is 5.02 Å². The van der Waals surface area contributed by atoms with Crippen molar-refractivity contribution in [1.29, 1.82) is 0 Å². The summed E-state index contributed by atoms with van der Waals surface area (Å²) in [6.07, 6.45) is 3.76. The van der Waals surface area contributed by atoms with Gasteiger partial charge in [0.25, 0.3) is 5.91 Å². The largest absolute Gasteiger partial charge is 0.483 e. The maximum Gasteiger partial charge on any atom is 0.262 e. The van der Waals surface area contributed by atoms with E-state index in [4.69, 9.17) is 21.1 Å². The zero-order valence-corrected chi connectivity index (χ0v) is 16.2. The van der Waals surface area contributed by atoms with Crippen molar-refractivity contribution in [1.82, 2.24) is 14.8 Å². The van der Waals surface area contributed by atoms with Crippen LogP contribution in [0.5, 0.6) is 11.5 Å². The minimum absolute atomic E-state index is 0.163. The highest BCUT2D eigenvalue weighted by molar-refractivity contribution is 6.31.